The van der Waals surface area contributed by atoms with E-state index in [0.29, 0.717) is 14.8 Å². The number of thiazole rings is 1. The molecule has 0 aliphatic rings. The van der Waals surface area contributed by atoms with Gasteiger partial charge in [-0.2, -0.15) is 5.26 Å². The highest BCUT2D eigenvalue weighted by Gasteiger charge is 2.19. The number of nitriles is 1. The van der Waals surface area contributed by atoms with E-state index in [1.807, 2.05) is 24.3 Å². The molecule has 0 saturated heterocycles. The maximum absolute atomic E-state index is 11.1. The number of methoxy groups -OCH3 is 1. The van der Waals surface area contributed by atoms with E-state index in [2.05, 4.69) is 11.1 Å². The highest BCUT2D eigenvalue weighted by atomic mass is 32.2. The number of rotatable bonds is 5. The number of nitrogens with zero attached hydrogens (tertiary/aromatic N) is 3. The van der Waals surface area contributed by atoms with Crippen molar-refractivity contribution in [3.05, 3.63) is 57.0 Å². The molecule has 9 heteroatoms. The summed E-state index contributed by atoms with van der Waals surface area (Å²) in [5, 5.41) is 30.3. The number of hydrogen-bond donors (Lipinski definition) is 1. The largest absolute Gasteiger partial charge is 0.500 e. The summed E-state index contributed by atoms with van der Waals surface area (Å²) in [6.07, 6.45) is 1.49. The summed E-state index contributed by atoms with van der Waals surface area (Å²) in [5.41, 5.74) is 0.730. The highest BCUT2D eigenvalue weighted by Crippen LogP contribution is 2.39. The van der Waals surface area contributed by atoms with Gasteiger partial charge in [-0.15, -0.1) is 11.3 Å². The van der Waals surface area contributed by atoms with E-state index in [9.17, 15) is 20.5 Å². The van der Waals surface area contributed by atoms with Gasteiger partial charge in [0, 0.05) is 6.07 Å². The van der Waals surface area contributed by atoms with Crippen molar-refractivity contribution < 1.29 is 14.8 Å². The Hall–Kier alpha value is -3.09. The molecule has 0 aliphatic carbocycles. The van der Waals surface area contributed by atoms with Crippen LogP contribution >= 0.6 is 23.1 Å². The van der Waals surface area contributed by atoms with Gasteiger partial charge in [0.1, 0.15) is 6.07 Å². The topological polar surface area (TPSA) is 109 Å². The molecule has 1 N–H and O–H groups in total. The number of nitro groups is 1. The average Bonchev–Trinajstić information content (AvgIpc) is 3.04. The first-order valence-corrected chi connectivity index (χ1v) is 8.85. The molecule has 0 unspecified atom stereocenters. The van der Waals surface area contributed by atoms with Gasteiger partial charge < -0.3 is 9.84 Å². The number of allylic oxidation sites excluding steroid dienone is 1. The minimum atomic E-state index is -0.706. The van der Waals surface area contributed by atoms with Crippen LogP contribution in [-0.2, 0) is 0 Å². The van der Waals surface area contributed by atoms with E-state index in [4.69, 9.17) is 4.74 Å². The molecule has 0 atom stereocenters. The first kappa shape index (κ1) is 17.7. The van der Waals surface area contributed by atoms with Gasteiger partial charge >= 0.3 is 5.69 Å². The lowest BCUT2D eigenvalue weighted by Gasteiger charge is -2.05. The van der Waals surface area contributed by atoms with E-state index in [1.165, 1.54) is 48.4 Å². The van der Waals surface area contributed by atoms with Gasteiger partial charge in [0.2, 0.25) is 5.75 Å². The second-order valence-corrected chi connectivity index (χ2v) is 7.34. The fourth-order valence-electron chi connectivity index (χ4n) is 2.22. The number of ether oxygens (including phenoxy) is 1. The smallest absolute Gasteiger partial charge is 0.315 e. The molecule has 0 aliphatic heterocycles. The Morgan fingerprint density at radius 2 is 2.23 bits per heavy atom. The van der Waals surface area contributed by atoms with Crippen molar-refractivity contribution in [1.29, 1.82) is 5.26 Å². The third-order valence-corrected chi connectivity index (χ3v) is 5.40. The zero-order valence-electron chi connectivity index (χ0n) is 13.4. The lowest BCUT2D eigenvalue weighted by atomic mass is 10.1. The molecular formula is C17H11N3O4S2. The van der Waals surface area contributed by atoms with E-state index < -0.39 is 16.4 Å². The number of phenolic OH excluding ortho intramolecular Hbond substituents is 1. The number of para-hydroxylation sites is 1. The molecule has 7 nitrogen and oxygen atoms in total. The molecular weight excluding hydrogens is 374 g/mol. The predicted molar refractivity (Wildman–Crippen MR) is 100 cm³/mol. The van der Waals surface area contributed by atoms with Crippen LogP contribution in [0.15, 0.2) is 45.6 Å². The van der Waals surface area contributed by atoms with Crippen molar-refractivity contribution >= 4 is 45.1 Å². The van der Waals surface area contributed by atoms with E-state index in [1.54, 1.807) is 0 Å². The Bertz CT molecular complexity index is 1040. The Morgan fingerprint density at radius 3 is 2.88 bits per heavy atom. The van der Waals surface area contributed by atoms with Crippen molar-refractivity contribution in [3.8, 4) is 17.6 Å². The number of phenols is 1. The molecule has 1 aromatic heterocycles. The third kappa shape index (κ3) is 3.61. The van der Waals surface area contributed by atoms with Crippen molar-refractivity contribution in [3.63, 3.8) is 0 Å². The summed E-state index contributed by atoms with van der Waals surface area (Å²) in [5.74, 6) is -0.584. The van der Waals surface area contributed by atoms with E-state index >= 15 is 0 Å². The molecule has 2 aromatic carbocycles. The van der Waals surface area contributed by atoms with Crippen LogP contribution in [0.4, 0.5) is 5.69 Å². The van der Waals surface area contributed by atoms with Crippen LogP contribution in [0.5, 0.6) is 11.5 Å². The molecule has 3 aromatic rings. The normalized spacial score (nSPS) is 11.3. The maximum atomic E-state index is 11.1. The summed E-state index contributed by atoms with van der Waals surface area (Å²) < 4.78 is 6.67. The Labute approximate surface area is 156 Å². The predicted octanol–water partition coefficient (Wildman–Crippen LogP) is 4.58. The standard InChI is InChI=1S/C17H11N3O4S2/c1-24-14-8-10(7-13(16(14)21)20(22)23)6-11(9-18)25-17-19-12-4-2-3-5-15(12)26-17/h2-8,21H,1H3. The van der Waals surface area contributed by atoms with Gasteiger partial charge in [-0.25, -0.2) is 4.98 Å². The van der Waals surface area contributed by atoms with Crippen molar-refractivity contribution in [2.75, 3.05) is 7.11 Å². The number of benzene rings is 2. The minimum Gasteiger partial charge on any atom is -0.500 e. The fourth-order valence-corrected chi connectivity index (χ4v) is 4.19. The zero-order valence-corrected chi connectivity index (χ0v) is 15.0. The third-order valence-electron chi connectivity index (χ3n) is 3.37. The molecule has 3 rings (SSSR count). The van der Waals surface area contributed by atoms with Crippen LogP contribution in [0.1, 0.15) is 5.56 Å². The highest BCUT2D eigenvalue weighted by molar-refractivity contribution is 8.05. The van der Waals surface area contributed by atoms with Crippen LogP contribution in [0.2, 0.25) is 0 Å². The Kier molecular flexibility index (Phi) is 5.06. The van der Waals surface area contributed by atoms with E-state index in [-0.39, 0.29) is 5.75 Å². The monoisotopic (exact) mass is 385 g/mol. The van der Waals surface area contributed by atoms with Crippen molar-refractivity contribution in [2.24, 2.45) is 0 Å². The van der Waals surface area contributed by atoms with Gasteiger partial charge in [-0.3, -0.25) is 10.1 Å². The zero-order chi connectivity index (χ0) is 18.7. The molecule has 0 radical (unpaired) electrons. The Morgan fingerprint density at radius 1 is 1.46 bits per heavy atom. The quantitative estimate of drug-likeness (QED) is 0.296. The minimum absolute atomic E-state index is 0.0345. The van der Waals surface area contributed by atoms with Crippen LogP contribution in [0.3, 0.4) is 0 Å². The van der Waals surface area contributed by atoms with Crippen LogP contribution in [0.25, 0.3) is 16.3 Å². The van der Waals surface area contributed by atoms with Crippen LogP contribution in [0, 0.1) is 21.4 Å². The fraction of sp³-hybridized carbons (Fsp3) is 0.0588. The average molecular weight is 385 g/mol. The Balaban J connectivity index is 1.97. The second kappa shape index (κ2) is 7.43. The number of thioether (sulfide) groups is 1. The van der Waals surface area contributed by atoms with Gasteiger partial charge in [0.25, 0.3) is 0 Å². The summed E-state index contributed by atoms with van der Waals surface area (Å²) in [4.78, 5) is 15.1. The summed E-state index contributed by atoms with van der Waals surface area (Å²) in [6.45, 7) is 0. The molecule has 130 valence electrons. The first-order valence-electron chi connectivity index (χ1n) is 7.22. The molecule has 0 fully saturated rings. The number of aromatic hydroxyl groups is 1. The summed E-state index contributed by atoms with van der Waals surface area (Å²) >= 11 is 2.63. The van der Waals surface area contributed by atoms with Crippen molar-refractivity contribution in [2.45, 2.75) is 4.34 Å². The summed E-state index contributed by atoms with van der Waals surface area (Å²) in [7, 11) is 1.30. The SMILES string of the molecule is COc1cc(C=C(C#N)Sc2nc3ccccc3s2)cc([N+](=O)[O-])c1O. The molecule has 26 heavy (non-hydrogen) atoms. The van der Waals surface area contributed by atoms with Crippen LogP contribution in [-0.4, -0.2) is 22.1 Å². The molecule has 0 saturated carbocycles. The van der Waals surface area contributed by atoms with Crippen LogP contribution < -0.4 is 4.74 Å². The van der Waals surface area contributed by atoms with Gasteiger partial charge in [0.15, 0.2) is 10.1 Å². The molecule has 0 amide bonds. The van der Waals surface area contributed by atoms with Crippen molar-refractivity contribution in [1.82, 2.24) is 4.98 Å². The number of nitro benzene ring substituents is 1. The maximum Gasteiger partial charge on any atom is 0.315 e. The van der Waals surface area contributed by atoms with E-state index in [0.717, 1.165) is 10.2 Å². The number of hydrogen-bond acceptors (Lipinski definition) is 8. The molecule has 1 heterocycles. The van der Waals surface area contributed by atoms with Gasteiger partial charge in [-0.05, 0) is 41.6 Å². The second-order valence-electron chi connectivity index (χ2n) is 5.02. The first-order chi connectivity index (χ1) is 12.5. The summed E-state index contributed by atoms with van der Waals surface area (Å²) in [6, 6.07) is 12.3. The molecule has 0 bridgehead atoms. The number of aromatic nitrogens is 1. The molecule has 0 spiro atoms. The number of fused-ring (bicyclic) bond motifs is 1. The van der Waals surface area contributed by atoms with Gasteiger partial charge in [0.05, 0.1) is 27.2 Å². The lowest BCUT2D eigenvalue weighted by Crippen LogP contribution is -1.93. The van der Waals surface area contributed by atoms with Gasteiger partial charge in [-0.1, -0.05) is 12.1 Å². The lowest BCUT2D eigenvalue weighted by molar-refractivity contribution is -0.386.